The third-order valence-corrected chi connectivity index (χ3v) is 3.31. The normalized spacial score (nSPS) is 11.6. The number of carbonyl (C=O) groups excluding carboxylic acids is 2. The molecule has 23 heavy (non-hydrogen) atoms. The number of likely N-dealkylation sites (N-methyl/N-ethyl adjacent to an activating group) is 1. The zero-order valence-corrected chi connectivity index (χ0v) is 13.9. The first-order chi connectivity index (χ1) is 11.0. The maximum absolute atomic E-state index is 12.1. The number of amides is 2. The van der Waals surface area contributed by atoms with Gasteiger partial charge in [0.05, 0.1) is 18.5 Å². The first-order valence-electron chi connectivity index (χ1n) is 7.80. The fourth-order valence-corrected chi connectivity index (χ4v) is 2.14. The van der Waals surface area contributed by atoms with Crippen LogP contribution >= 0.6 is 0 Å². The maximum atomic E-state index is 12.1. The Morgan fingerprint density at radius 2 is 2.09 bits per heavy atom. The van der Waals surface area contributed by atoms with Gasteiger partial charge in [-0.1, -0.05) is 13.0 Å². The Kier molecular flexibility index (Phi) is 7.78. The summed E-state index contributed by atoms with van der Waals surface area (Å²) in [4.78, 5) is 25.8. The van der Waals surface area contributed by atoms with Gasteiger partial charge >= 0.3 is 0 Å². The van der Waals surface area contributed by atoms with Crippen LogP contribution in [0.15, 0.2) is 24.3 Å². The summed E-state index contributed by atoms with van der Waals surface area (Å²) < 4.78 is 0. The van der Waals surface area contributed by atoms with Gasteiger partial charge in [0.1, 0.15) is 0 Å². The molecule has 0 radical (unpaired) electrons. The van der Waals surface area contributed by atoms with E-state index >= 15 is 0 Å². The number of nitriles is 1. The summed E-state index contributed by atoms with van der Waals surface area (Å²) in [6.45, 7) is 7.65. The van der Waals surface area contributed by atoms with E-state index in [-0.39, 0.29) is 24.3 Å². The van der Waals surface area contributed by atoms with Crippen LogP contribution in [-0.4, -0.2) is 42.9 Å². The molecule has 0 aliphatic rings. The number of nitrogens with one attached hydrogen (secondary N) is 2. The predicted molar refractivity (Wildman–Crippen MR) is 90.0 cm³/mol. The molecule has 0 saturated carbocycles. The number of nitrogens with zero attached hydrogens (tertiary/aromatic N) is 2. The SMILES string of the molecule is CCNC(=O)c1cccc(NC(=O)CN(CC)CC(C)C#N)c1. The van der Waals surface area contributed by atoms with Crippen molar-refractivity contribution in [2.45, 2.75) is 20.8 Å². The summed E-state index contributed by atoms with van der Waals surface area (Å²) in [5.74, 6) is -0.449. The average Bonchev–Trinajstić information content (AvgIpc) is 2.54. The van der Waals surface area contributed by atoms with E-state index in [4.69, 9.17) is 5.26 Å². The Morgan fingerprint density at radius 3 is 2.70 bits per heavy atom. The highest BCUT2D eigenvalue weighted by Crippen LogP contribution is 2.11. The van der Waals surface area contributed by atoms with E-state index in [1.165, 1.54) is 0 Å². The highest BCUT2D eigenvalue weighted by atomic mass is 16.2. The molecule has 0 heterocycles. The van der Waals surface area contributed by atoms with Crippen molar-refractivity contribution in [3.05, 3.63) is 29.8 Å². The van der Waals surface area contributed by atoms with Gasteiger partial charge in [-0.15, -0.1) is 0 Å². The zero-order chi connectivity index (χ0) is 17.2. The molecule has 0 fully saturated rings. The molecule has 0 aliphatic carbocycles. The van der Waals surface area contributed by atoms with Crippen molar-refractivity contribution in [2.75, 3.05) is 31.5 Å². The Hall–Kier alpha value is -2.39. The van der Waals surface area contributed by atoms with Gasteiger partial charge in [-0.2, -0.15) is 5.26 Å². The highest BCUT2D eigenvalue weighted by Gasteiger charge is 2.13. The number of hydrogen-bond acceptors (Lipinski definition) is 4. The molecule has 2 amide bonds. The van der Waals surface area contributed by atoms with E-state index in [1.807, 2.05) is 25.7 Å². The number of rotatable bonds is 8. The van der Waals surface area contributed by atoms with E-state index in [0.717, 1.165) is 0 Å². The van der Waals surface area contributed by atoms with Crippen LogP contribution in [0.5, 0.6) is 0 Å². The van der Waals surface area contributed by atoms with E-state index < -0.39 is 0 Å². The predicted octanol–water partition coefficient (Wildman–Crippen LogP) is 1.86. The average molecular weight is 316 g/mol. The van der Waals surface area contributed by atoms with Gasteiger partial charge in [0.25, 0.3) is 5.91 Å². The monoisotopic (exact) mass is 316 g/mol. The van der Waals surface area contributed by atoms with Crippen LogP contribution in [0.25, 0.3) is 0 Å². The van der Waals surface area contributed by atoms with Crippen molar-refractivity contribution < 1.29 is 9.59 Å². The zero-order valence-electron chi connectivity index (χ0n) is 13.9. The summed E-state index contributed by atoms with van der Waals surface area (Å²) in [6.07, 6.45) is 0. The van der Waals surface area contributed by atoms with Gasteiger partial charge < -0.3 is 10.6 Å². The molecule has 2 N–H and O–H groups in total. The van der Waals surface area contributed by atoms with Gasteiger partial charge in [0.15, 0.2) is 0 Å². The Morgan fingerprint density at radius 1 is 1.35 bits per heavy atom. The number of hydrogen-bond donors (Lipinski definition) is 2. The lowest BCUT2D eigenvalue weighted by Crippen LogP contribution is -2.35. The lowest BCUT2D eigenvalue weighted by atomic mass is 10.2. The third kappa shape index (κ3) is 6.49. The van der Waals surface area contributed by atoms with Crippen LogP contribution in [0.2, 0.25) is 0 Å². The molecule has 1 rings (SSSR count). The lowest BCUT2D eigenvalue weighted by Gasteiger charge is -2.20. The Balaban J connectivity index is 2.65. The van der Waals surface area contributed by atoms with E-state index in [9.17, 15) is 9.59 Å². The molecule has 0 bridgehead atoms. The fraction of sp³-hybridized carbons (Fsp3) is 0.471. The van der Waals surface area contributed by atoms with Gasteiger partial charge in [-0.25, -0.2) is 0 Å². The standard InChI is InChI=1S/C17H24N4O2/c1-4-19-17(23)14-7-6-8-15(9-14)20-16(22)12-21(5-2)11-13(3)10-18/h6-9,13H,4-5,11-12H2,1-3H3,(H,19,23)(H,20,22). The van der Waals surface area contributed by atoms with E-state index in [1.54, 1.807) is 24.3 Å². The van der Waals surface area contributed by atoms with Crippen molar-refractivity contribution in [2.24, 2.45) is 5.92 Å². The molecule has 6 nitrogen and oxygen atoms in total. The molecule has 0 spiro atoms. The van der Waals surface area contributed by atoms with E-state index in [2.05, 4.69) is 16.7 Å². The number of carbonyl (C=O) groups is 2. The second-order valence-corrected chi connectivity index (χ2v) is 5.35. The number of benzene rings is 1. The molecule has 1 atom stereocenters. The van der Waals surface area contributed by atoms with Crippen LogP contribution in [0, 0.1) is 17.2 Å². The molecule has 0 aliphatic heterocycles. The second kappa shape index (κ2) is 9.59. The van der Waals surface area contributed by atoms with Crippen LogP contribution in [0.4, 0.5) is 5.69 Å². The first-order valence-corrected chi connectivity index (χ1v) is 7.80. The van der Waals surface area contributed by atoms with Crippen molar-refractivity contribution in [1.29, 1.82) is 5.26 Å². The minimum Gasteiger partial charge on any atom is -0.352 e. The molecular weight excluding hydrogens is 292 g/mol. The van der Waals surface area contributed by atoms with Crippen molar-refractivity contribution in [1.82, 2.24) is 10.2 Å². The largest absolute Gasteiger partial charge is 0.352 e. The van der Waals surface area contributed by atoms with E-state index in [0.29, 0.717) is 30.9 Å². The smallest absolute Gasteiger partial charge is 0.251 e. The maximum Gasteiger partial charge on any atom is 0.251 e. The van der Waals surface area contributed by atoms with Gasteiger partial charge in [0, 0.05) is 24.3 Å². The molecular formula is C17H24N4O2. The minimum atomic E-state index is -0.165. The quantitative estimate of drug-likeness (QED) is 0.766. The van der Waals surface area contributed by atoms with Gasteiger partial charge in [0.2, 0.25) is 5.91 Å². The van der Waals surface area contributed by atoms with Crippen LogP contribution in [0.3, 0.4) is 0 Å². The van der Waals surface area contributed by atoms with Gasteiger partial charge in [-0.05, 0) is 38.6 Å². The molecule has 0 saturated heterocycles. The Bertz CT molecular complexity index is 580. The Labute approximate surface area is 137 Å². The summed E-state index contributed by atoms with van der Waals surface area (Å²) >= 11 is 0. The van der Waals surface area contributed by atoms with Crippen LogP contribution < -0.4 is 10.6 Å². The van der Waals surface area contributed by atoms with Crippen LogP contribution in [0.1, 0.15) is 31.1 Å². The summed E-state index contributed by atoms with van der Waals surface area (Å²) in [6, 6.07) is 9.00. The topological polar surface area (TPSA) is 85.2 Å². The minimum absolute atomic E-state index is 0.121. The van der Waals surface area contributed by atoms with Gasteiger partial charge in [-0.3, -0.25) is 14.5 Å². The molecule has 0 aromatic heterocycles. The van der Waals surface area contributed by atoms with Crippen molar-refractivity contribution in [3.63, 3.8) is 0 Å². The van der Waals surface area contributed by atoms with Crippen LogP contribution in [-0.2, 0) is 4.79 Å². The molecule has 124 valence electrons. The summed E-state index contributed by atoms with van der Waals surface area (Å²) in [7, 11) is 0. The second-order valence-electron chi connectivity index (χ2n) is 5.35. The molecule has 1 unspecified atom stereocenters. The molecule has 1 aromatic carbocycles. The first kappa shape index (κ1) is 18.7. The van der Waals surface area contributed by atoms with Crippen molar-refractivity contribution in [3.8, 4) is 6.07 Å². The fourth-order valence-electron chi connectivity index (χ4n) is 2.14. The molecule has 6 heteroatoms. The third-order valence-electron chi connectivity index (χ3n) is 3.31. The number of anilines is 1. The molecule has 1 aromatic rings. The lowest BCUT2D eigenvalue weighted by molar-refractivity contribution is -0.117. The highest BCUT2D eigenvalue weighted by molar-refractivity contribution is 5.97. The summed E-state index contributed by atoms with van der Waals surface area (Å²) in [5, 5.41) is 14.4. The van der Waals surface area contributed by atoms with Crippen molar-refractivity contribution >= 4 is 17.5 Å². The summed E-state index contributed by atoms with van der Waals surface area (Å²) in [5.41, 5.74) is 1.10.